The second-order valence-corrected chi connectivity index (χ2v) is 3.95. The van der Waals surface area contributed by atoms with Crippen molar-refractivity contribution >= 4 is 0 Å². The highest BCUT2D eigenvalue weighted by Gasteiger charge is 2.14. The van der Waals surface area contributed by atoms with Gasteiger partial charge in [0.1, 0.15) is 5.76 Å². The molecule has 1 N–H and O–H groups in total. The first-order valence-electron chi connectivity index (χ1n) is 5.34. The summed E-state index contributed by atoms with van der Waals surface area (Å²) in [5, 5.41) is 9.19. The molecule has 1 aromatic heterocycles. The summed E-state index contributed by atoms with van der Waals surface area (Å²) in [6, 6.07) is 1.72. The van der Waals surface area contributed by atoms with Gasteiger partial charge in [0.05, 0.1) is 6.61 Å². The van der Waals surface area contributed by atoms with Gasteiger partial charge in [-0.15, -0.1) is 0 Å². The van der Waals surface area contributed by atoms with Crippen LogP contribution in [0.2, 0.25) is 0 Å². The highest BCUT2D eigenvalue weighted by Crippen LogP contribution is 2.23. The minimum atomic E-state index is -0.301. The molecule has 3 heteroatoms. The van der Waals surface area contributed by atoms with Crippen LogP contribution in [0.5, 0.6) is 0 Å². The lowest BCUT2D eigenvalue weighted by Gasteiger charge is -2.12. The molecule has 1 aromatic rings. The van der Waals surface area contributed by atoms with E-state index in [2.05, 4.69) is 6.92 Å². The Bertz CT molecular complexity index is 379. The fraction of sp³-hybridized carbons (Fsp3) is 0.583. The van der Waals surface area contributed by atoms with Crippen molar-refractivity contribution in [1.82, 2.24) is 0 Å². The normalized spacial score (nSPS) is 12.8. The van der Waals surface area contributed by atoms with Crippen LogP contribution < -0.4 is 5.63 Å². The maximum absolute atomic E-state index is 11.4. The van der Waals surface area contributed by atoms with E-state index in [-0.39, 0.29) is 18.2 Å². The lowest BCUT2D eigenvalue weighted by molar-refractivity contribution is 0.270. The van der Waals surface area contributed by atoms with E-state index >= 15 is 0 Å². The zero-order chi connectivity index (χ0) is 11.4. The monoisotopic (exact) mass is 210 g/mol. The van der Waals surface area contributed by atoms with Crippen LogP contribution in [0.25, 0.3) is 0 Å². The molecule has 1 heterocycles. The molecular weight excluding hydrogens is 192 g/mol. The lowest BCUT2D eigenvalue weighted by atomic mass is 9.98. The van der Waals surface area contributed by atoms with Gasteiger partial charge in [-0.2, -0.15) is 0 Å². The zero-order valence-corrected chi connectivity index (χ0v) is 9.54. The predicted molar refractivity (Wildman–Crippen MR) is 59.0 cm³/mol. The van der Waals surface area contributed by atoms with Crippen molar-refractivity contribution in [3.63, 3.8) is 0 Å². The second-order valence-electron chi connectivity index (χ2n) is 3.95. The van der Waals surface area contributed by atoms with Gasteiger partial charge < -0.3 is 9.52 Å². The Hall–Kier alpha value is -1.09. The van der Waals surface area contributed by atoms with Crippen molar-refractivity contribution in [1.29, 1.82) is 0 Å². The van der Waals surface area contributed by atoms with Gasteiger partial charge in [-0.25, -0.2) is 4.79 Å². The van der Waals surface area contributed by atoms with E-state index in [1.54, 1.807) is 13.0 Å². The first-order valence-corrected chi connectivity index (χ1v) is 5.34. The minimum absolute atomic E-state index is 0.0754. The van der Waals surface area contributed by atoms with Crippen LogP contribution in [0.3, 0.4) is 0 Å². The summed E-state index contributed by atoms with van der Waals surface area (Å²) in [6.45, 7) is 5.71. The third kappa shape index (κ3) is 2.69. The summed E-state index contributed by atoms with van der Waals surface area (Å²) < 4.78 is 5.23. The molecule has 0 amide bonds. The first kappa shape index (κ1) is 12.0. The van der Waals surface area contributed by atoms with E-state index in [1.807, 2.05) is 6.92 Å². The number of rotatable bonds is 4. The summed E-state index contributed by atoms with van der Waals surface area (Å²) in [7, 11) is 0. The molecule has 0 saturated heterocycles. The third-order valence-corrected chi connectivity index (χ3v) is 2.57. The molecular formula is C12H18O3. The van der Waals surface area contributed by atoms with Gasteiger partial charge in [0.15, 0.2) is 0 Å². The number of hydrogen-bond acceptors (Lipinski definition) is 3. The molecule has 0 aromatic carbocycles. The Morgan fingerprint density at radius 2 is 2.20 bits per heavy atom. The Labute approximate surface area is 89.7 Å². The number of aliphatic hydroxyl groups excluding tert-OH is 1. The maximum Gasteiger partial charge on any atom is 0.338 e. The van der Waals surface area contributed by atoms with E-state index in [0.29, 0.717) is 11.3 Å². The molecule has 0 aliphatic rings. The molecule has 1 rings (SSSR count). The summed E-state index contributed by atoms with van der Waals surface area (Å²) >= 11 is 0. The van der Waals surface area contributed by atoms with Gasteiger partial charge in [-0.3, -0.25) is 0 Å². The van der Waals surface area contributed by atoms with Gasteiger partial charge in [0.2, 0.25) is 0 Å². The Kier molecular flexibility index (Phi) is 4.09. The van der Waals surface area contributed by atoms with Crippen molar-refractivity contribution in [2.75, 3.05) is 0 Å². The summed E-state index contributed by atoms with van der Waals surface area (Å²) in [5.41, 5.74) is 0.977. The van der Waals surface area contributed by atoms with Crippen molar-refractivity contribution in [2.24, 2.45) is 0 Å². The quantitative estimate of drug-likeness (QED) is 0.829. The molecule has 3 nitrogen and oxygen atoms in total. The number of hydrogen-bond donors (Lipinski definition) is 1. The van der Waals surface area contributed by atoms with Gasteiger partial charge >= 0.3 is 5.63 Å². The standard InChI is InChI=1S/C12H18O3/c1-4-5-8(2)11-10(7-13)6-9(3)12(14)15-11/h6,8,13H,4-5,7H2,1-3H3. The lowest BCUT2D eigenvalue weighted by Crippen LogP contribution is -2.10. The fourth-order valence-electron chi connectivity index (χ4n) is 1.74. The molecule has 0 aliphatic carbocycles. The smallest absolute Gasteiger partial charge is 0.338 e. The van der Waals surface area contributed by atoms with E-state index in [9.17, 15) is 9.90 Å². The van der Waals surface area contributed by atoms with Crippen LogP contribution in [-0.2, 0) is 6.61 Å². The molecule has 1 unspecified atom stereocenters. The summed E-state index contributed by atoms with van der Waals surface area (Å²) in [4.78, 5) is 11.4. The topological polar surface area (TPSA) is 50.4 Å². The Balaban J connectivity index is 3.15. The predicted octanol–water partition coefficient (Wildman–Crippen LogP) is 2.34. The number of aliphatic hydroxyl groups is 1. The van der Waals surface area contributed by atoms with E-state index < -0.39 is 0 Å². The zero-order valence-electron chi connectivity index (χ0n) is 9.54. The van der Waals surface area contributed by atoms with Gasteiger partial charge in [0, 0.05) is 17.0 Å². The van der Waals surface area contributed by atoms with Crippen LogP contribution in [0.15, 0.2) is 15.3 Å². The molecule has 84 valence electrons. The largest absolute Gasteiger partial charge is 0.427 e. The van der Waals surface area contributed by atoms with Crippen molar-refractivity contribution < 1.29 is 9.52 Å². The Morgan fingerprint density at radius 1 is 1.53 bits per heavy atom. The van der Waals surface area contributed by atoms with Crippen LogP contribution in [0.4, 0.5) is 0 Å². The van der Waals surface area contributed by atoms with Gasteiger partial charge in [-0.05, 0) is 19.4 Å². The fourth-order valence-corrected chi connectivity index (χ4v) is 1.74. The van der Waals surface area contributed by atoms with Crippen LogP contribution >= 0.6 is 0 Å². The summed E-state index contributed by atoms with van der Waals surface area (Å²) in [5.74, 6) is 0.820. The molecule has 0 aliphatic heterocycles. The SMILES string of the molecule is CCCC(C)c1oc(=O)c(C)cc1CO. The third-order valence-electron chi connectivity index (χ3n) is 2.57. The van der Waals surface area contributed by atoms with Crippen molar-refractivity contribution in [3.05, 3.63) is 33.4 Å². The maximum atomic E-state index is 11.4. The van der Waals surface area contributed by atoms with E-state index in [4.69, 9.17) is 4.42 Å². The molecule has 0 spiro atoms. The van der Waals surface area contributed by atoms with Gasteiger partial charge in [0.25, 0.3) is 0 Å². The van der Waals surface area contributed by atoms with Crippen LogP contribution in [0, 0.1) is 6.92 Å². The van der Waals surface area contributed by atoms with Crippen molar-refractivity contribution in [2.45, 2.75) is 46.1 Å². The minimum Gasteiger partial charge on any atom is -0.427 e. The van der Waals surface area contributed by atoms with Crippen LogP contribution in [0.1, 0.15) is 49.5 Å². The van der Waals surface area contributed by atoms with E-state index in [1.165, 1.54) is 0 Å². The average Bonchev–Trinajstić information content (AvgIpc) is 2.21. The highest BCUT2D eigenvalue weighted by atomic mass is 16.4. The van der Waals surface area contributed by atoms with Gasteiger partial charge in [-0.1, -0.05) is 20.3 Å². The molecule has 1 atom stereocenters. The average molecular weight is 210 g/mol. The van der Waals surface area contributed by atoms with Crippen molar-refractivity contribution in [3.8, 4) is 0 Å². The molecule has 0 bridgehead atoms. The Morgan fingerprint density at radius 3 is 2.73 bits per heavy atom. The first-order chi connectivity index (χ1) is 7.10. The number of aryl methyl sites for hydroxylation is 1. The van der Waals surface area contributed by atoms with Crippen LogP contribution in [-0.4, -0.2) is 5.11 Å². The second kappa shape index (κ2) is 5.12. The summed E-state index contributed by atoms with van der Waals surface area (Å²) in [6.07, 6.45) is 1.99. The molecule has 0 saturated carbocycles. The van der Waals surface area contributed by atoms with E-state index in [0.717, 1.165) is 18.4 Å². The molecule has 15 heavy (non-hydrogen) atoms. The molecule has 0 fully saturated rings. The molecule has 0 radical (unpaired) electrons. The highest BCUT2D eigenvalue weighted by molar-refractivity contribution is 5.23.